The number of benzene rings is 1. The van der Waals surface area contributed by atoms with Crippen molar-refractivity contribution in [1.29, 1.82) is 0 Å². The Bertz CT molecular complexity index is 465. The third-order valence-corrected chi connectivity index (χ3v) is 4.73. The fourth-order valence-electron chi connectivity index (χ4n) is 1.59. The van der Waals surface area contributed by atoms with Gasteiger partial charge in [0.2, 0.25) is 0 Å². The number of nitrogens with one attached hydrogen (secondary N) is 1. The maximum absolute atomic E-state index is 11.9. The molecule has 1 aliphatic rings. The second-order valence-corrected chi connectivity index (χ2v) is 6.07. The predicted octanol–water partition coefficient (Wildman–Crippen LogP) is 1.58. The molecule has 0 aromatic heterocycles. The van der Waals surface area contributed by atoms with E-state index < -0.39 is 9.84 Å². The van der Waals surface area contributed by atoms with Crippen LogP contribution in [-0.4, -0.2) is 20.2 Å². The molecule has 1 heterocycles. The average molecular weight is 211 g/mol. The summed E-state index contributed by atoms with van der Waals surface area (Å²) in [7, 11) is -3.11. The summed E-state index contributed by atoms with van der Waals surface area (Å²) >= 11 is 0. The van der Waals surface area contributed by atoms with Crippen molar-refractivity contribution in [2.45, 2.75) is 24.0 Å². The summed E-state index contributed by atoms with van der Waals surface area (Å²) in [6, 6.07) is 5.47. The Balaban J connectivity index is 2.68. The zero-order valence-electron chi connectivity index (χ0n) is 8.24. The van der Waals surface area contributed by atoms with Crippen LogP contribution in [0.5, 0.6) is 0 Å². The molecule has 1 aliphatic heterocycles. The van der Waals surface area contributed by atoms with Gasteiger partial charge in [0.25, 0.3) is 0 Å². The number of hydrogen-bond acceptors (Lipinski definition) is 3. The largest absolute Gasteiger partial charge is 0.383 e. The Hall–Kier alpha value is -1.03. The molecule has 0 spiro atoms. The van der Waals surface area contributed by atoms with Crippen molar-refractivity contribution in [3.63, 3.8) is 0 Å². The van der Waals surface area contributed by atoms with Crippen molar-refractivity contribution < 1.29 is 8.42 Å². The van der Waals surface area contributed by atoms with Crippen LogP contribution in [0.15, 0.2) is 23.1 Å². The highest BCUT2D eigenvalue weighted by atomic mass is 32.2. The van der Waals surface area contributed by atoms with Crippen LogP contribution in [0, 0.1) is 6.92 Å². The molecule has 2 rings (SSSR count). The number of anilines is 1. The number of aryl methyl sites for hydroxylation is 1. The van der Waals surface area contributed by atoms with Gasteiger partial charge in [-0.2, -0.15) is 0 Å². The van der Waals surface area contributed by atoms with E-state index in [-0.39, 0.29) is 5.25 Å². The van der Waals surface area contributed by atoms with E-state index >= 15 is 0 Å². The van der Waals surface area contributed by atoms with E-state index in [1.165, 1.54) is 0 Å². The van der Waals surface area contributed by atoms with Crippen LogP contribution in [0.3, 0.4) is 0 Å². The third-order valence-electron chi connectivity index (χ3n) is 2.55. The van der Waals surface area contributed by atoms with Crippen molar-refractivity contribution in [3.8, 4) is 0 Å². The molecule has 1 atom stereocenters. The molecule has 0 saturated carbocycles. The zero-order valence-corrected chi connectivity index (χ0v) is 9.06. The maximum atomic E-state index is 11.9. The zero-order chi connectivity index (χ0) is 10.3. The normalized spacial score (nSPS) is 23.7. The number of fused-ring (bicyclic) bond motifs is 1. The average Bonchev–Trinajstić information content (AvgIpc) is 2.13. The van der Waals surface area contributed by atoms with Gasteiger partial charge in [0.05, 0.1) is 15.8 Å². The molecular formula is C10H13NO2S. The lowest BCUT2D eigenvalue weighted by Gasteiger charge is -2.23. The number of hydrogen-bond donors (Lipinski definition) is 1. The molecule has 0 saturated heterocycles. The summed E-state index contributed by atoms with van der Waals surface area (Å²) in [5, 5.41) is 2.78. The van der Waals surface area contributed by atoms with Crippen molar-refractivity contribution in [2.24, 2.45) is 0 Å². The fourth-order valence-corrected chi connectivity index (χ4v) is 3.12. The van der Waals surface area contributed by atoms with E-state index in [2.05, 4.69) is 5.32 Å². The Morgan fingerprint density at radius 2 is 2.14 bits per heavy atom. The highest BCUT2D eigenvalue weighted by Gasteiger charge is 2.30. The first-order valence-corrected chi connectivity index (χ1v) is 6.15. The lowest BCUT2D eigenvalue weighted by molar-refractivity contribution is 0.582. The molecule has 0 amide bonds. The van der Waals surface area contributed by atoms with Crippen LogP contribution in [0.25, 0.3) is 0 Å². The first kappa shape index (κ1) is 9.52. The molecule has 3 nitrogen and oxygen atoms in total. The fraction of sp³-hybridized carbons (Fsp3) is 0.400. The van der Waals surface area contributed by atoms with E-state index in [9.17, 15) is 8.42 Å². The Morgan fingerprint density at radius 1 is 1.43 bits per heavy atom. The van der Waals surface area contributed by atoms with Crippen LogP contribution in [0.4, 0.5) is 5.69 Å². The first-order chi connectivity index (χ1) is 6.51. The number of rotatable bonds is 0. The summed E-state index contributed by atoms with van der Waals surface area (Å²) in [5.74, 6) is 0. The molecule has 1 aromatic rings. The highest BCUT2D eigenvalue weighted by Crippen LogP contribution is 2.29. The molecule has 76 valence electrons. The van der Waals surface area contributed by atoms with Gasteiger partial charge >= 0.3 is 0 Å². The highest BCUT2D eigenvalue weighted by molar-refractivity contribution is 7.92. The summed E-state index contributed by atoms with van der Waals surface area (Å²) in [6.45, 7) is 4.13. The van der Waals surface area contributed by atoms with Crippen LogP contribution >= 0.6 is 0 Å². The van der Waals surface area contributed by atoms with Crippen molar-refractivity contribution in [2.75, 3.05) is 11.9 Å². The molecule has 1 aromatic carbocycles. The minimum atomic E-state index is -3.11. The van der Waals surface area contributed by atoms with E-state index in [1.54, 1.807) is 13.0 Å². The lowest BCUT2D eigenvalue weighted by atomic mass is 10.2. The SMILES string of the molecule is Cc1ccc2c(c1)S(=O)(=O)C(C)CN2. The van der Waals surface area contributed by atoms with Crippen molar-refractivity contribution in [1.82, 2.24) is 0 Å². The Kier molecular flexibility index (Phi) is 2.03. The van der Waals surface area contributed by atoms with Crippen molar-refractivity contribution in [3.05, 3.63) is 23.8 Å². The second-order valence-electron chi connectivity index (χ2n) is 3.74. The second kappa shape index (κ2) is 2.98. The van der Waals surface area contributed by atoms with Gasteiger partial charge in [-0.05, 0) is 31.5 Å². The topological polar surface area (TPSA) is 46.2 Å². The van der Waals surface area contributed by atoms with Gasteiger partial charge < -0.3 is 5.32 Å². The third kappa shape index (κ3) is 1.30. The standard InChI is InChI=1S/C10H13NO2S/c1-7-3-4-9-10(5-7)14(12,13)8(2)6-11-9/h3-5,8,11H,6H2,1-2H3. The van der Waals surface area contributed by atoms with Gasteiger partial charge in [-0.3, -0.25) is 0 Å². The lowest BCUT2D eigenvalue weighted by Crippen LogP contribution is -2.31. The Morgan fingerprint density at radius 3 is 2.86 bits per heavy atom. The summed E-state index contributed by atoms with van der Waals surface area (Å²) in [6.07, 6.45) is 0. The maximum Gasteiger partial charge on any atom is 0.184 e. The van der Waals surface area contributed by atoms with Crippen LogP contribution in [0.1, 0.15) is 12.5 Å². The molecule has 0 aliphatic carbocycles. The summed E-state index contributed by atoms with van der Waals surface area (Å²) < 4.78 is 23.8. The minimum absolute atomic E-state index is 0.336. The van der Waals surface area contributed by atoms with Gasteiger partial charge in [0.15, 0.2) is 9.84 Å². The molecule has 0 fully saturated rings. The van der Waals surface area contributed by atoms with E-state index in [0.717, 1.165) is 11.3 Å². The Labute approximate surface area is 84.1 Å². The first-order valence-electron chi connectivity index (χ1n) is 4.60. The van der Waals surface area contributed by atoms with Gasteiger partial charge in [-0.25, -0.2) is 8.42 Å². The van der Waals surface area contributed by atoms with Crippen LogP contribution in [-0.2, 0) is 9.84 Å². The minimum Gasteiger partial charge on any atom is -0.383 e. The van der Waals surface area contributed by atoms with Gasteiger partial charge in [0, 0.05) is 6.54 Å². The molecule has 4 heteroatoms. The van der Waals surface area contributed by atoms with Crippen LogP contribution in [0.2, 0.25) is 0 Å². The summed E-state index contributed by atoms with van der Waals surface area (Å²) in [4.78, 5) is 0.441. The predicted molar refractivity (Wildman–Crippen MR) is 56.3 cm³/mol. The van der Waals surface area contributed by atoms with Crippen molar-refractivity contribution >= 4 is 15.5 Å². The van der Waals surface area contributed by atoms with E-state index in [4.69, 9.17) is 0 Å². The van der Waals surface area contributed by atoms with Gasteiger partial charge in [-0.15, -0.1) is 0 Å². The quantitative estimate of drug-likeness (QED) is 0.708. The molecule has 0 bridgehead atoms. The van der Waals surface area contributed by atoms with Gasteiger partial charge in [-0.1, -0.05) is 6.07 Å². The molecule has 1 unspecified atom stereocenters. The molecule has 1 N–H and O–H groups in total. The summed E-state index contributed by atoms with van der Waals surface area (Å²) in [5.41, 5.74) is 1.71. The smallest absolute Gasteiger partial charge is 0.184 e. The van der Waals surface area contributed by atoms with E-state index in [0.29, 0.717) is 11.4 Å². The molecular weight excluding hydrogens is 198 g/mol. The molecule has 0 radical (unpaired) electrons. The monoisotopic (exact) mass is 211 g/mol. The van der Waals surface area contributed by atoms with Crippen LogP contribution < -0.4 is 5.32 Å². The molecule has 14 heavy (non-hydrogen) atoms. The van der Waals surface area contributed by atoms with E-state index in [1.807, 2.05) is 19.1 Å². The van der Waals surface area contributed by atoms with Gasteiger partial charge in [0.1, 0.15) is 0 Å². The number of sulfone groups is 1.